The average Bonchev–Trinajstić information content (AvgIpc) is 3.36. The molecule has 0 heterocycles. The number of rotatable bonds is 12. The van der Waals surface area contributed by atoms with Gasteiger partial charge in [-0.25, -0.2) is 0 Å². The molecule has 1 fully saturated rings. The zero-order valence-corrected chi connectivity index (χ0v) is 14.2. The van der Waals surface area contributed by atoms with Crippen LogP contribution in [0.1, 0.15) is 26.7 Å². The molecule has 1 aliphatic carbocycles. The van der Waals surface area contributed by atoms with E-state index in [2.05, 4.69) is 19.2 Å². The summed E-state index contributed by atoms with van der Waals surface area (Å²) in [6, 6.07) is 7.96. The number of ether oxygens (including phenoxy) is 3. The van der Waals surface area contributed by atoms with Crippen molar-refractivity contribution in [1.82, 2.24) is 0 Å². The van der Waals surface area contributed by atoms with Gasteiger partial charge in [-0.05, 0) is 56.9 Å². The first-order valence-corrected chi connectivity index (χ1v) is 8.58. The van der Waals surface area contributed by atoms with Crippen molar-refractivity contribution in [3.05, 3.63) is 24.3 Å². The molecule has 1 aliphatic rings. The maximum absolute atomic E-state index is 9.83. The summed E-state index contributed by atoms with van der Waals surface area (Å²) in [6.45, 7) is 7.22. The van der Waals surface area contributed by atoms with Crippen molar-refractivity contribution in [2.24, 2.45) is 5.92 Å². The van der Waals surface area contributed by atoms with Crippen molar-refractivity contribution >= 4 is 0 Å². The molecule has 0 bridgehead atoms. The summed E-state index contributed by atoms with van der Waals surface area (Å²) in [7, 11) is 0. The second-order valence-corrected chi connectivity index (χ2v) is 6.52. The summed E-state index contributed by atoms with van der Waals surface area (Å²) in [5.41, 5.74) is 0. The van der Waals surface area contributed by atoms with Gasteiger partial charge in [-0.3, -0.25) is 0 Å². The lowest BCUT2D eigenvalue weighted by atomic mass is 10.3. The van der Waals surface area contributed by atoms with E-state index in [-0.39, 0.29) is 0 Å². The van der Waals surface area contributed by atoms with Gasteiger partial charge in [0.05, 0.1) is 12.6 Å². The fourth-order valence-corrected chi connectivity index (χ4v) is 2.07. The van der Waals surface area contributed by atoms with Gasteiger partial charge in [0.2, 0.25) is 0 Å². The highest BCUT2D eigenvalue weighted by Gasteiger charge is 2.20. The molecule has 5 heteroatoms. The minimum Gasteiger partial charge on any atom is -0.491 e. The highest BCUT2D eigenvalue weighted by Crippen LogP contribution is 2.28. The second-order valence-electron chi connectivity index (χ2n) is 6.52. The van der Waals surface area contributed by atoms with Crippen LogP contribution in [0.25, 0.3) is 0 Å². The van der Waals surface area contributed by atoms with Crippen LogP contribution in [0.4, 0.5) is 0 Å². The SMILES string of the molecule is CC(C)[NH2+]C[C@H](O)COc1ccc(OCCOCC2CC2)cc1. The topological polar surface area (TPSA) is 64.5 Å². The Morgan fingerprint density at radius 2 is 1.74 bits per heavy atom. The molecule has 0 aliphatic heterocycles. The Labute approximate surface area is 138 Å². The lowest BCUT2D eigenvalue weighted by Gasteiger charge is -2.13. The van der Waals surface area contributed by atoms with Crippen molar-refractivity contribution in [3.63, 3.8) is 0 Å². The summed E-state index contributed by atoms with van der Waals surface area (Å²) in [5.74, 6) is 2.34. The number of benzene rings is 1. The quantitative estimate of drug-likeness (QED) is 0.567. The zero-order valence-electron chi connectivity index (χ0n) is 14.2. The fourth-order valence-electron chi connectivity index (χ4n) is 2.07. The molecular weight excluding hydrogens is 294 g/mol. The van der Waals surface area contributed by atoms with Crippen LogP contribution >= 0.6 is 0 Å². The average molecular weight is 324 g/mol. The van der Waals surface area contributed by atoms with Crippen LogP contribution < -0.4 is 14.8 Å². The van der Waals surface area contributed by atoms with Gasteiger partial charge in [0.25, 0.3) is 0 Å². The van der Waals surface area contributed by atoms with Gasteiger partial charge in [-0.1, -0.05) is 0 Å². The maximum atomic E-state index is 9.83. The van der Waals surface area contributed by atoms with Gasteiger partial charge in [0.15, 0.2) is 0 Å². The monoisotopic (exact) mass is 324 g/mol. The Balaban J connectivity index is 1.57. The normalized spacial score (nSPS) is 15.7. The molecule has 130 valence electrons. The molecule has 0 unspecified atom stereocenters. The number of aliphatic hydroxyl groups excluding tert-OH is 1. The Hall–Kier alpha value is -1.30. The van der Waals surface area contributed by atoms with Gasteiger partial charge in [-0.15, -0.1) is 0 Å². The molecule has 0 radical (unpaired) electrons. The molecule has 5 nitrogen and oxygen atoms in total. The fraction of sp³-hybridized carbons (Fsp3) is 0.667. The third kappa shape index (κ3) is 8.21. The second kappa shape index (κ2) is 9.75. The van der Waals surface area contributed by atoms with Gasteiger partial charge >= 0.3 is 0 Å². The van der Waals surface area contributed by atoms with Crippen LogP contribution in [0.3, 0.4) is 0 Å². The zero-order chi connectivity index (χ0) is 16.5. The molecule has 0 amide bonds. The Kier molecular flexibility index (Phi) is 7.65. The number of nitrogens with two attached hydrogens (primary N) is 1. The molecule has 0 aromatic heterocycles. The molecule has 23 heavy (non-hydrogen) atoms. The van der Waals surface area contributed by atoms with Gasteiger partial charge in [-0.2, -0.15) is 0 Å². The smallest absolute Gasteiger partial charge is 0.137 e. The maximum Gasteiger partial charge on any atom is 0.137 e. The molecule has 0 saturated heterocycles. The minimum atomic E-state index is -0.461. The van der Waals surface area contributed by atoms with E-state index in [0.29, 0.717) is 32.4 Å². The number of aliphatic hydroxyl groups is 1. The Morgan fingerprint density at radius 3 is 2.35 bits per heavy atom. The van der Waals surface area contributed by atoms with Crippen molar-refractivity contribution in [2.45, 2.75) is 38.8 Å². The molecular formula is C18H30NO4+. The first kappa shape index (κ1) is 18.0. The van der Waals surface area contributed by atoms with E-state index < -0.39 is 6.10 Å². The van der Waals surface area contributed by atoms with Crippen LogP contribution in [0.2, 0.25) is 0 Å². The highest BCUT2D eigenvalue weighted by molar-refractivity contribution is 5.31. The number of hydrogen-bond donors (Lipinski definition) is 2. The predicted octanol–water partition coefficient (Wildman–Crippen LogP) is 1.20. The summed E-state index contributed by atoms with van der Waals surface area (Å²) in [6.07, 6.45) is 2.16. The van der Waals surface area contributed by atoms with Gasteiger partial charge < -0.3 is 24.6 Å². The van der Waals surface area contributed by atoms with Crippen LogP contribution in [0.5, 0.6) is 11.5 Å². The summed E-state index contributed by atoms with van der Waals surface area (Å²) in [4.78, 5) is 0. The third-order valence-corrected chi connectivity index (χ3v) is 3.69. The molecule has 1 atom stereocenters. The summed E-state index contributed by atoms with van der Waals surface area (Å²) in [5, 5.41) is 11.9. The van der Waals surface area contributed by atoms with Crippen LogP contribution in [0, 0.1) is 5.92 Å². The van der Waals surface area contributed by atoms with Crippen LogP contribution in [-0.2, 0) is 4.74 Å². The lowest BCUT2D eigenvalue weighted by molar-refractivity contribution is -0.688. The van der Waals surface area contributed by atoms with Gasteiger partial charge in [0, 0.05) is 6.61 Å². The molecule has 1 aromatic carbocycles. The third-order valence-electron chi connectivity index (χ3n) is 3.69. The summed E-state index contributed by atoms with van der Waals surface area (Å²) < 4.78 is 16.7. The van der Waals surface area contributed by atoms with E-state index in [9.17, 15) is 5.11 Å². The van der Waals surface area contributed by atoms with Gasteiger partial charge in [0.1, 0.15) is 37.4 Å². The van der Waals surface area contributed by atoms with Crippen LogP contribution in [0.15, 0.2) is 24.3 Å². The van der Waals surface area contributed by atoms with E-state index >= 15 is 0 Å². The van der Waals surface area contributed by atoms with Crippen molar-refractivity contribution in [1.29, 1.82) is 0 Å². The predicted molar refractivity (Wildman–Crippen MR) is 88.9 cm³/mol. The van der Waals surface area contributed by atoms with Crippen molar-refractivity contribution < 1.29 is 24.6 Å². The molecule has 3 N–H and O–H groups in total. The van der Waals surface area contributed by atoms with E-state index in [1.54, 1.807) is 0 Å². The molecule has 0 spiro atoms. The van der Waals surface area contributed by atoms with E-state index in [1.807, 2.05) is 24.3 Å². The van der Waals surface area contributed by atoms with Crippen molar-refractivity contribution in [3.8, 4) is 11.5 Å². The van der Waals surface area contributed by atoms with Crippen LogP contribution in [-0.4, -0.2) is 50.2 Å². The molecule has 1 aromatic rings. The number of hydrogen-bond acceptors (Lipinski definition) is 4. The van der Waals surface area contributed by atoms with E-state index in [4.69, 9.17) is 14.2 Å². The minimum absolute atomic E-state index is 0.304. The summed E-state index contributed by atoms with van der Waals surface area (Å²) >= 11 is 0. The first-order valence-electron chi connectivity index (χ1n) is 8.58. The van der Waals surface area contributed by atoms with E-state index in [0.717, 1.165) is 24.0 Å². The standard InChI is InChI=1S/C18H29NO4/c1-14(2)19-11-16(20)13-23-18-7-5-17(6-8-18)22-10-9-21-12-15-3-4-15/h5-8,14-16,19-20H,3-4,9-13H2,1-2H3/p+1/t16-/m0/s1. The largest absolute Gasteiger partial charge is 0.491 e. The Morgan fingerprint density at radius 1 is 1.09 bits per heavy atom. The highest BCUT2D eigenvalue weighted by atomic mass is 16.5. The lowest BCUT2D eigenvalue weighted by Crippen LogP contribution is -2.90. The van der Waals surface area contributed by atoms with E-state index in [1.165, 1.54) is 12.8 Å². The Bertz CT molecular complexity index is 431. The first-order chi connectivity index (χ1) is 11.1. The molecule has 1 saturated carbocycles. The molecule has 2 rings (SSSR count). The number of quaternary nitrogens is 1. The van der Waals surface area contributed by atoms with Crippen molar-refractivity contribution in [2.75, 3.05) is 33.0 Å².